The van der Waals surface area contributed by atoms with E-state index in [4.69, 9.17) is 4.74 Å². The lowest BCUT2D eigenvalue weighted by atomic mass is 9.49. The van der Waals surface area contributed by atoms with Crippen LogP contribution in [-0.2, 0) is 20.9 Å². The standard InChI is InChI=1S/C25H32N4O3S/c1-3-32-22(30)15-33-24-28-27-21(29(24)20-6-4-5-16(2)7-20)14-26-23(31)25-11-17-8-18(12-25)10-19(9-17)13-25/h4-7,17-19H,3,8-15H2,1-2H3,(H,26,31). The molecule has 176 valence electrons. The average molecular weight is 469 g/mol. The van der Waals surface area contributed by atoms with Crippen LogP contribution in [0.1, 0.15) is 56.8 Å². The number of carbonyl (C=O) groups is 2. The molecule has 0 spiro atoms. The zero-order valence-electron chi connectivity index (χ0n) is 19.4. The first-order valence-electron chi connectivity index (χ1n) is 12.0. The second-order valence-electron chi connectivity index (χ2n) is 10.0. The van der Waals surface area contributed by atoms with Crippen LogP contribution >= 0.6 is 11.8 Å². The minimum Gasteiger partial charge on any atom is -0.465 e. The lowest BCUT2D eigenvalue weighted by Gasteiger charge is -2.55. The maximum absolute atomic E-state index is 13.4. The molecule has 7 nitrogen and oxygen atoms in total. The summed E-state index contributed by atoms with van der Waals surface area (Å²) < 4.78 is 7.00. The average Bonchev–Trinajstić information content (AvgIpc) is 3.18. The van der Waals surface area contributed by atoms with E-state index in [0.29, 0.717) is 24.1 Å². The number of amides is 1. The van der Waals surface area contributed by atoms with Gasteiger partial charge in [-0.1, -0.05) is 23.9 Å². The molecule has 1 N–H and O–H groups in total. The van der Waals surface area contributed by atoms with Gasteiger partial charge in [-0.15, -0.1) is 10.2 Å². The molecule has 8 heteroatoms. The van der Waals surface area contributed by atoms with Gasteiger partial charge in [-0.25, -0.2) is 0 Å². The second-order valence-corrected chi connectivity index (χ2v) is 11.0. The van der Waals surface area contributed by atoms with Crippen LogP contribution in [0.3, 0.4) is 0 Å². The van der Waals surface area contributed by atoms with Gasteiger partial charge in [0.05, 0.1) is 18.9 Å². The van der Waals surface area contributed by atoms with Crippen molar-refractivity contribution in [1.29, 1.82) is 0 Å². The fraction of sp³-hybridized carbons (Fsp3) is 0.600. The Labute approximate surface area is 199 Å². The van der Waals surface area contributed by atoms with E-state index in [2.05, 4.69) is 21.6 Å². The summed E-state index contributed by atoms with van der Waals surface area (Å²) in [6.45, 7) is 4.50. The maximum atomic E-state index is 13.4. The van der Waals surface area contributed by atoms with E-state index < -0.39 is 0 Å². The Bertz CT molecular complexity index is 1010. The summed E-state index contributed by atoms with van der Waals surface area (Å²) >= 11 is 1.30. The van der Waals surface area contributed by atoms with Crippen LogP contribution in [0.2, 0.25) is 0 Å². The summed E-state index contributed by atoms with van der Waals surface area (Å²) in [6, 6.07) is 8.08. The van der Waals surface area contributed by atoms with Gasteiger partial charge in [-0.2, -0.15) is 0 Å². The van der Waals surface area contributed by atoms with Crippen molar-refractivity contribution in [3.05, 3.63) is 35.7 Å². The molecule has 0 aliphatic heterocycles. The minimum atomic E-state index is -0.280. The first kappa shape index (κ1) is 22.4. The molecule has 0 saturated heterocycles. The van der Waals surface area contributed by atoms with E-state index in [0.717, 1.165) is 48.3 Å². The summed E-state index contributed by atoms with van der Waals surface area (Å²) in [4.78, 5) is 25.3. The van der Waals surface area contributed by atoms with Gasteiger partial charge in [-0.05, 0) is 87.8 Å². The van der Waals surface area contributed by atoms with Crippen LogP contribution in [0.4, 0.5) is 0 Å². The Hall–Kier alpha value is -2.35. The van der Waals surface area contributed by atoms with Gasteiger partial charge in [0.1, 0.15) is 0 Å². The summed E-state index contributed by atoms with van der Waals surface area (Å²) in [5, 5.41) is 12.6. The molecular formula is C25H32N4O3S. The molecule has 4 aliphatic carbocycles. The topological polar surface area (TPSA) is 86.1 Å². The zero-order valence-corrected chi connectivity index (χ0v) is 20.2. The van der Waals surface area contributed by atoms with Crippen molar-refractivity contribution in [3.8, 4) is 5.69 Å². The molecular weight excluding hydrogens is 436 g/mol. The number of esters is 1. The van der Waals surface area contributed by atoms with Gasteiger partial charge < -0.3 is 10.1 Å². The van der Waals surface area contributed by atoms with Crippen LogP contribution in [0, 0.1) is 30.1 Å². The molecule has 33 heavy (non-hydrogen) atoms. The highest BCUT2D eigenvalue weighted by Crippen LogP contribution is 2.60. The highest BCUT2D eigenvalue weighted by molar-refractivity contribution is 7.99. The molecule has 2 aromatic rings. The summed E-state index contributed by atoms with van der Waals surface area (Å²) in [5.74, 6) is 2.91. The summed E-state index contributed by atoms with van der Waals surface area (Å²) in [5.41, 5.74) is 1.85. The van der Waals surface area contributed by atoms with Gasteiger partial charge >= 0.3 is 5.97 Å². The number of ether oxygens (including phenoxy) is 1. The van der Waals surface area contributed by atoms with Crippen LogP contribution < -0.4 is 5.32 Å². The Kier molecular flexibility index (Phi) is 6.20. The molecule has 0 unspecified atom stereocenters. The van der Waals surface area contributed by atoms with Crippen molar-refractivity contribution in [3.63, 3.8) is 0 Å². The number of carbonyl (C=O) groups excluding carboxylic acids is 2. The van der Waals surface area contributed by atoms with Crippen molar-refractivity contribution in [2.45, 2.75) is 64.1 Å². The normalized spacial score (nSPS) is 27.5. The largest absolute Gasteiger partial charge is 0.465 e. The van der Waals surface area contributed by atoms with Crippen LogP contribution in [0.5, 0.6) is 0 Å². The van der Waals surface area contributed by atoms with E-state index in [1.165, 1.54) is 31.0 Å². The van der Waals surface area contributed by atoms with E-state index in [-0.39, 0.29) is 23.0 Å². The third-order valence-corrected chi connectivity index (χ3v) is 8.41. The Morgan fingerprint density at radius 1 is 1.15 bits per heavy atom. The van der Waals surface area contributed by atoms with Crippen LogP contribution in [0.25, 0.3) is 5.69 Å². The van der Waals surface area contributed by atoms with Crippen molar-refractivity contribution < 1.29 is 14.3 Å². The number of hydrogen-bond acceptors (Lipinski definition) is 6. The fourth-order valence-corrected chi connectivity index (χ4v) is 7.37. The van der Waals surface area contributed by atoms with Crippen LogP contribution in [-0.4, -0.2) is 39.0 Å². The number of hydrogen-bond donors (Lipinski definition) is 1. The van der Waals surface area contributed by atoms with Crippen molar-refractivity contribution >= 4 is 23.6 Å². The number of benzene rings is 1. The Morgan fingerprint density at radius 3 is 2.48 bits per heavy atom. The highest BCUT2D eigenvalue weighted by atomic mass is 32.2. The smallest absolute Gasteiger partial charge is 0.316 e. The zero-order chi connectivity index (χ0) is 23.0. The van der Waals surface area contributed by atoms with E-state index in [9.17, 15) is 9.59 Å². The van der Waals surface area contributed by atoms with E-state index in [1.54, 1.807) is 6.92 Å². The molecule has 1 heterocycles. The molecule has 4 bridgehead atoms. The Morgan fingerprint density at radius 2 is 1.85 bits per heavy atom. The van der Waals surface area contributed by atoms with Gasteiger partial charge in [0.2, 0.25) is 5.91 Å². The molecule has 4 fully saturated rings. The molecule has 0 atom stereocenters. The van der Waals surface area contributed by atoms with Crippen molar-refractivity contribution in [2.24, 2.45) is 23.2 Å². The first-order valence-corrected chi connectivity index (χ1v) is 13.0. The second kappa shape index (κ2) is 9.12. The third-order valence-electron chi connectivity index (χ3n) is 7.51. The molecule has 1 amide bonds. The molecule has 4 aliphatic rings. The maximum Gasteiger partial charge on any atom is 0.316 e. The fourth-order valence-electron chi connectivity index (χ4n) is 6.60. The number of thioether (sulfide) groups is 1. The molecule has 4 saturated carbocycles. The lowest BCUT2D eigenvalue weighted by Crippen LogP contribution is -2.53. The number of aryl methyl sites for hydroxylation is 1. The number of nitrogens with zero attached hydrogens (tertiary/aromatic N) is 3. The van der Waals surface area contributed by atoms with E-state index in [1.807, 2.05) is 29.7 Å². The number of rotatable bonds is 8. The van der Waals surface area contributed by atoms with Gasteiger partial charge in [0.15, 0.2) is 11.0 Å². The van der Waals surface area contributed by atoms with Crippen molar-refractivity contribution in [1.82, 2.24) is 20.1 Å². The Balaban J connectivity index is 1.34. The van der Waals surface area contributed by atoms with Gasteiger partial charge in [0.25, 0.3) is 0 Å². The summed E-state index contributed by atoms with van der Waals surface area (Å²) in [6.07, 6.45) is 7.06. The number of nitrogens with one attached hydrogen (secondary N) is 1. The minimum absolute atomic E-state index is 0.164. The van der Waals surface area contributed by atoms with Gasteiger partial charge in [-0.3, -0.25) is 14.2 Å². The van der Waals surface area contributed by atoms with Gasteiger partial charge in [0, 0.05) is 11.1 Å². The number of aromatic nitrogens is 3. The highest BCUT2D eigenvalue weighted by Gasteiger charge is 2.54. The first-order chi connectivity index (χ1) is 16.0. The molecule has 1 aromatic heterocycles. The van der Waals surface area contributed by atoms with Crippen molar-refractivity contribution in [2.75, 3.05) is 12.4 Å². The molecule has 1 aromatic carbocycles. The monoisotopic (exact) mass is 468 g/mol. The van der Waals surface area contributed by atoms with E-state index >= 15 is 0 Å². The predicted octanol–water partition coefficient (Wildman–Crippen LogP) is 4.06. The third kappa shape index (κ3) is 4.54. The summed E-state index contributed by atoms with van der Waals surface area (Å²) in [7, 11) is 0. The van der Waals surface area contributed by atoms with Crippen LogP contribution in [0.15, 0.2) is 29.4 Å². The molecule has 0 radical (unpaired) electrons. The predicted molar refractivity (Wildman–Crippen MR) is 126 cm³/mol. The lowest BCUT2D eigenvalue weighted by molar-refractivity contribution is -0.146. The molecule has 6 rings (SSSR count). The quantitative estimate of drug-likeness (QED) is 0.464. The SMILES string of the molecule is CCOC(=O)CSc1nnc(CNC(=O)C23CC4CC(CC(C4)C2)C3)n1-c1cccc(C)c1.